The van der Waals surface area contributed by atoms with E-state index in [1.54, 1.807) is 6.07 Å². The van der Waals surface area contributed by atoms with Crippen molar-refractivity contribution in [3.8, 4) is 16.9 Å². The normalized spacial score (nSPS) is 10.5. The van der Waals surface area contributed by atoms with E-state index in [-0.39, 0.29) is 5.69 Å². The molecule has 1 aromatic carbocycles. The van der Waals surface area contributed by atoms with Crippen LogP contribution in [-0.4, -0.2) is 36.3 Å². The van der Waals surface area contributed by atoms with E-state index >= 15 is 0 Å². The molecular formula is C14H11N5O2. The summed E-state index contributed by atoms with van der Waals surface area (Å²) in [7, 11) is 0. The summed E-state index contributed by atoms with van der Waals surface area (Å²) in [6.07, 6.45) is 1.37. The monoisotopic (exact) mass is 281 g/mol. The molecule has 0 radical (unpaired) electrons. The van der Waals surface area contributed by atoms with Gasteiger partial charge in [0.25, 0.3) is 0 Å². The van der Waals surface area contributed by atoms with Crippen molar-refractivity contribution in [1.82, 2.24) is 25.2 Å². The van der Waals surface area contributed by atoms with Crippen LogP contribution in [0.25, 0.3) is 16.9 Å². The van der Waals surface area contributed by atoms with Crippen molar-refractivity contribution in [2.75, 3.05) is 0 Å². The molecule has 0 spiro atoms. The Bertz CT molecular complexity index is 782. The van der Waals surface area contributed by atoms with Gasteiger partial charge in [-0.25, -0.2) is 9.78 Å². The number of benzene rings is 1. The van der Waals surface area contributed by atoms with Gasteiger partial charge >= 0.3 is 5.97 Å². The quantitative estimate of drug-likeness (QED) is 0.785. The highest BCUT2D eigenvalue weighted by Gasteiger charge is 2.12. The zero-order chi connectivity index (χ0) is 14.8. The zero-order valence-corrected chi connectivity index (χ0v) is 11.1. The van der Waals surface area contributed by atoms with Gasteiger partial charge in [0, 0.05) is 0 Å². The van der Waals surface area contributed by atoms with Gasteiger partial charge in [0.15, 0.2) is 11.5 Å². The van der Waals surface area contributed by atoms with E-state index in [1.807, 2.05) is 31.2 Å². The van der Waals surface area contributed by atoms with Crippen LogP contribution in [0.1, 0.15) is 16.1 Å². The highest BCUT2D eigenvalue weighted by atomic mass is 16.4. The molecule has 7 heteroatoms. The van der Waals surface area contributed by atoms with E-state index < -0.39 is 5.97 Å². The lowest BCUT2D eigenvalue weighted by molar-refractivity contribution is 0.0690. The third-order valence-electron chi connectivity index (χ3n) is 3.00. The average molecular weight is 281 g/mol. The second-order valence-electron chi connectivity index (χ2n) is 4.52. The van der Waals surface area contributed by atoms with Crippen molar-refractivity contribution in [1.29, 1.82) is 0 Å². The minimum absolute atomic E-state index is 0.0569. The molecule has 0 aliphatic carbocycles. The van der Waals surface area contributed by atoms with Crippen LogP contribution in [0.4, 0.5) is 0 Å². The van der Waals surface area contributed by atoms with Crippen LogP contribution in [0.5, 0.6) is 0 Å². The molecular weight excluding hydrogens is 270 g/mol. The van der Waals surface area contributed by atoms with Crippen molar-refractivity contribution in [2.45, 2.75) is 6.92 Å². The molecule has 0 aliphatic rings. The van der Waals surface area contributed by atoms with Gasteiger partial charge in [-0.15, -0.1) is 5.10 Å². The lowest BCUT2D eigenvalue weighted by atomic mass is 10.0. The van der Waals surface area contributed by atoms with Crippen molar-refractivity contribution < 1.29 is 9.90 Å². The fraction of sp³-hybridized carbons (Fsp3) is 0.0714. The number of tetrazole rings is 1. The number of carboxylic acids is 1. The number of aromatic carboxylic acids is 1. The Morgan fingerprint density at radius 1 is 1.14 bits per heavy atom. The van der Waals surface area contributed by atoms with Crippen LogP contribution in [0, 0.1) is 6.92 Å². The molecule has 3 aromatic rings. The van der Waals surface area contributed by atoms with Crippen molar-refractivity contribution in [3.63, 3.8) is 0 Å². The Hall–Kier alpha value is -3.09. The summed E-state index contributed by atoms with van der Waals surface area (Å²) in [5.74, 6) is -0.742. The average Bonchev–Trinajstić information content (AvgIpc) is 3.02. The van der Waals surface area contributed by atoms with Gasteiger partial charge < -0.3 is 5.11 Å². The van der Waals surface area contributed by atoms with Crippen LogP contribution in [0.2, 0.25) is 0 Å². The van der Waals surface area contributed by atoms with Gasteiger partial charge in [0.2, 0.25) is 0 Å². The van der Waals surface area contributed by atoms with Crippen LogP contribution >= 0.6 is 0 Å². The molecule has 0 saturated heterocycles. The Morgan fingerprint density at radius 3 is 2.52 bits per heavy atom. The molecule has 0 fully saturated rings. The smallest absolute Gasteiger partial charge is 0.354 e. The first-order chi connectivity index (χ1) is 10.1. The molecule has 3 rings (SSSR count). The van der Waals surface area contributed by atoms with E-state index in [0.29, 0.717) is 5.82 Å². The molecule has 21 heavy (non-hydrogen) atoms. The van der Waals surface area contributed by atoms with E-state index in [9.17, 15) is 9.90 Å². The summed E-state index contributed by atoms with van der Waals surface area (Å²) < 4.78 is 1.32. The maximum atomic E-state index is 11.2. The van der Waals surface area contributed by atoms with E-state index in [4.69, 9.17) is 0 Å². The molecule has 1 N–H and O–H groups in total. The summed E-state index contributed by atoms with van der Waals surface area (Å²) in [5.41, 5.74) is 2.72. The Morgan fingerprint density at radius 2 is 1.90 bits per heavy atom. The number of hydrogen-bond donors (Lipinski definition) is 1. The van der Waals surface area contributed by atoms with Gasteiger partial charge in [0.1, 0.15) is 6.33 Å². The van der Waals surface area contributed by atoms with Gasteiger partial charge in [0.05, 0.1) is 0 Å². The molecule has 0 unspecified atom stereocenters. The number of hydrogen-bond acceptors (Lipinski definition) is 5. The van der Waals surface area contributed by atoms with Crippen LogP contribution in [-0.2, 0) is 0 Å². The maximum Gasteiger partial charge on any atom is 0.354 e. The molecule has 2 heterocycles. The van der Waals surface area contributed by atoms with Crippen LogP contribution in [0.15, 0.2) is 42.7 Å². The van der Waals surface area contributed by atoms with Crippen LogP contribution < -0.4 is 0 Å². The van der Waals surface area contributed by atoms with E-state index in [0.717, 1.165) is 16.7 Å². The van der Waals surface area contributed by atoms with Gasteiger partial charge in [-0.2, -0.15) is 4.68 Å². The molecule has 2 aromatic heterocycles. The first-order valence-corrected chi connectivity index (χ1v) is 6.19. The van der Waals surface area contributed by atoms with Crippen molar-refractivity contribution >= 4 is 5.97 Å². The minimum Gasteiger partial charge on any atom is -0.477 e. The number of rotatable bonds is 3. The number of carboxylic acid groups (broad SMARTS) is 1. The summed E-state index contributed by atoms with van der Waals surface area (Å²) in [6.45, 7) is 1.99. The maximum absolute atomic E-state index is 11.2. The number of carbonyl (C=O) groups is 1. The Kier molecular flexibility index (Phi) is 3.15. The minimum atomic E-state index is -1.10. The summed E-state index contributed by atoms with van der Waals surface area (Å²) in [6, 6.07) is 11.1. The fourth-order valence-electron chi connectivity index (χ4n) is 1.92. The fourth-order valence-corrected chi connectivity index (χ4v) is 1.92. The van der Waals surface area contributed by atoms with E-state index in [1.165, 1.54) is 17.1 Å². The second kappa shape index (κ2) is 5.12. The SMILES string of the molecule is Cc1ccc(-c2cc(C(=O)O)nc(-n3cnnn3)c2)cc1. The summed E-state index contributed by atoms with van der Waals surface area (Å²) in [5, 5.41) is 20.0. The predicted molar refractivity (Wildman–Crippen MR) is 74.1 cm³/mol. The highest BCUT2D eigenvalue weighted by Crippen LogP contribution is 2.22. The molecule has 104 valence electrons. The molecule has 0 atom stereocenters. The van der Waals surface area contributed by atoms with Crippen molar-refractivity contribution in [2.24, 2.45) is 0 Å². The van der Waals surface area contributed by atoms with Gasteiger partial charge in [-0.3, -0.25) is 0 Å². The lowest BCUT2D eigenvalue weighted by Gasteiger charge is -2.07. The third-order valence-corrected chi connectivity index (χ3v) is 3.00. The van der Waals surface area contributed by atoms with Crippen LogP contribution in [0.3, 0.4) is 0 Å². The number of aromatic nitrogens is 5. The number of aryl methyl sites for hydroxylation is 1. The third kappa shape index (κ3) is 2.62. The number of nitrogens with zero attached hydrogens (tertiary/aromatic N) is 5. The Balaban J connectivity index is 2.16. The topological polar surface area (TPSA) is 93.8 Å². The molecule has 0 amide bonds. The summed E-state index contributed by atoms with van der Waals surface area (Å²) >= 11 is 0. The summed E-state index contributed by atoms with van der Waals surface area (Å²) in [4.78, 5) is 15.3. The first-order valence-electron chi connectivity index (χ1n) is 6.19. The highest BCUT2D eigenvalue weighted by molar-refractivity contribution is 5.87. The first kappa shape index (κ1) is 12.9. The molecule has 0 saturated carbocycles. The predicted octanol–water partition coefficient (Wildman–Crippen LogP) is 1.73. The molecule has 0 bridgehead atoms. The number of pyridine rings is 1. The van der Waals surface area contributed by atoms with Crippen molar-refractivity contribution in [3.05, 3.63) is 54.0 Å². The zero-order valence-electron chi connectivity index (χ0n) is 11.1. The van der Waals surface area contributed by atoms with E-state index in [2.05, 4.69) is 20.5 Å². The second-order valence-corrected chi connectivity index (χ2v) is 4.52. The van der Waals surface area contributed by atoms with Gasteiger partial charge in [-0.1, -0.05) is 29.8 Å². The largest absolute Gasteiger partial charge is 0.477 e. The lowest BCUT2D eigenvalue weighted by Crippen LogP contribution is -2.06. The van der Waals surface area contributed by atoms with Gasteiger partial charge in [-0.05, 0) is 40.6 Å². The molecule has 7 nitrogen and oxygen atoms in total. The standard InChI is InChI=1S/C14H11N5O2/c1-9-2-4-10(5-3-9)11-6-12(14(20)21)16-13(7-11)19-8-15-17-18-19/h2-8H,1H3,(H,20,21). The molecule has 0 aliphatic heterocycles. The Labute approximate surface area is 119 Å².